The highest BCUT2D eigenvalue weighted by Crippen LogP contribution is 2.25. The van der Waals surface area contributed by atoms with E-state index in [-0.39, 0.29) is 0 Å². The summed E-state index contributed by atoms with van der Waals surface area (Å²) in [6, 6.07) is 5.27. The first-order valence-corrected chi connectivity index (χ1v) is 9.83. The van der Waals surface area contributed by atoms with E-state index in [2.05, 4.69) is 14.7 Å². The van der Waals surface area contributed by atoms with Crippen molar-refractivity contribution < 1.29 is 8.78 Å². The Labute approximate surface area is 149 Å². The summed E-state index contributed by atoms with van der Waals surface area (Å²) in [7, 11) is 0. The molecule has 1 aromatic carbocycles. The van der Waals surface area contributed by atoms with Crippen molar-refractivity contribution >= 4 is 0 Å². The molecule has 0 atom stereocenters. The molecule has 1 aromatic rings. The van der Waals surface area contributed by atoms with Gasteiger partial charge in [0.05, 0.1) is 0 Å². The average Bonchev–Trinajstić information content (AvgIpc) is 2.58. The molecular weight excluding hydrogens is 320 g/mol. The summed E-state index contributed by atoms with van der Waals surface area (Å²) in [5.74, 6) is -0.961. The Balaban J connectivity index is 1.21. The van der Waals surface area contributed by atoms with E-state index in [1.54, 1.807) is 0 Å². The van der Waals surface area contributed by atoms with Crippen molar-refractivity contribution in [2.45, 2.75) is 50.7 Å². The number of halogens is 2. The zero-order chi connectivity index (χ0) is 17.2. The van der Waals surface area contributed by atoms with E-state index in [0.29, 0.717) is 12.6 Å². The van der Waals surface area contributed by atoms with Crippen LogP contribution in [0.3, 0.4) is 0 Å². The summed E-state index contributed by atoms with van der Waals surface area (Å²) in [6.07, 6.45) is 7.01. The number of nitrogens with zero attached hydrogens (tertiary/aromatic N) is 3. The molecule has 2 heterocycles. The van der Waals surface area contributed by atoms with Gasteiger partial charge >= 0.3 is 0 Å². The van der Waals surface area contributed by atoms with Gasteiger partial charge in [0.25, 0.3) is 0 Å². The number of piperazine rings is 1. The zero-order valence-corrected chi connectivity index (χ0v) is 15.0. The molecule has 1 saturated carbocycles. The van der Waals surface area contributed by atoms with E-state index in [0.717, 1.165) is 30.8 Å². The highest BCUT2D eigenvalue weighted by Gasteiger charge is 2.34. The molecule has 138 valence electrons. The van der Waals surface area contributed by atoms with E-state index in [4.69, 9.17) is 0 Å². The second-order valence-electron chi connectivity index (χ2n) is 7.99. The van der Waals surface area contributed by atoms with Crippen molar-refractivity contribution in [1.82, 2.24) is 14.7 Å². The van der Waals surface area contributed by atoms with Crippen molar-refractivity contribution in [2.24, 2.45) is 0 Å². The molecular formula is C20H29F2N3. The summed E-state index contributed by atoms with van der Waals surface area (Å²) in [6.45, 7) is 7.43. The van der Waals surface area contributed by atoms with Gasteiger partial charge in [-0.05, 0) is 30.5 Å². The predicted octanol–water partition coefficient (Wildman–Crippen LogP) is 3.10. The largest absolute Gasteiger partial charge is 0.298 e. The third-order valence-corrected chi connectivity index (χ3v) is 6.22. The van der Waals surface area contributed by atoms with Crippen LogP contribution in [0.2, 0.25) is 0 Å². The zero-order valence-electron chi connectivity index (χ0n) is 15.0. The quantitative estimate of drug-likeness (QED) is 0.827. The predicted molar refractivity (Wildman–Crippen MR) is 95.4 cm³/mol. The number of hydrogen-bond acceptors (Lipinski definition) is 3. The molecule has 0 spiro atoms. The summed E-state index contributed by atoms with van der Waals surface area (Å²) in [4.78, 5) is 7.61. The minimum absolute atomic E-state index is 0.481. The van der Waals surface area contributed by atoms with Crippen LogP contribution in [0.1, 0.15) is 37.7 Å². The molecule has 5 heteroatoms. The Kier molecular flexibility index (Phi) is 5.34. The lowest BCUT2D eigenvalue weighted by Gasteiger charge is -2.49. The molecule has 0 unspecified atom stereocenters. The van der Waals surface area contributed by atoms with E-state index in [9.17, 15) is 8.78 Å². The van der Waals surface area contributed by atoms with Gasteiger partial charge in [-0.15, -0.1) is 0 Å². The van der Waals surface area contributed by atoms with Crippen LogP contribution in [-0.2, 0) is 6.54 Å². The normalized spacial score (nSPS) is 25.2. The fourth-order valence-corrected chi connectivity index (χ4v) is 4.78. The third-order valence-electron chi connectivity index (χ3n) is 6.22. The van der Waals surface area contributed by atoms with Gasteiger partial charge in [-0.25, -0.2) is 8.78 Å². The Hall–Kier alpha value is -1.04. The topological polar surface area (TPSA) is 9.72 Å². The van der Waals surface area contributed by atoms with E-state index in [1.165, 1.54) is 70.4 Å². The summed E-state index contributed by atoms with van der Waals surface area (Å²) >= 11 is 0. The third kappa shape index (κ3) is 4.21. The van der Waals surface area contributed by atoms with Crippen LogP contribution < -0.4 is 0 Å². The smallest absolute Gasteiger partial charge is 0.126 e. The molecule has 3 aliphatic rings. The molecule has 4 rings (SSSR count). The van der Waals surface area contributed by atoms with Gasteiger partial charge in [0.2, 0.25) is 0 Å². The van der Waals surface area contributed by atoms with Crippen LogP contribution >= 0.6 is 0 Å². The Morgan fingerprint density at radius 2 is 1.32 bits per heavy atom. The first kappa shape index (κ1) is 17.4. The minimum Gasteiger partial charge on any atom is -0.298 e. The van der Waals surface area contributed by atoms with Crippen molar-refractivity contribution in [3.05, 3.63) is 35.4 Å². The standard InChI is InChI=1S/C20H29F2N3/c21-17-10-16(11-18(22)12-17)13-23-14-20(15-23)25-8-6-24(7-9-25)19-4-2-1-3-5-19/h10-12,19-20H,1-9,13-15H2. The molecule has 2 aliphatic heterocycles. The maximum atomic E-state index is 13.3. The molecule has 0 N–H and O–H groups in total. The molecule has 2 saturated heterocycles. The van der Waals surface area contributed by atoms with Gasteiger partial charge in [0, 0.05) is 64.0 Å². The van der Waals surface area contributed by atoms with E-state index < -0.39 is 11.6 Å². The molecule has 0 aromatic heterocycles. The summed E-state index contributed by atoms with van der Waals surface area (Å²) in [5, 5.41) is 0. The molecule has 25 heavy (non-hydrogen) atoms. The molecule has 0 radical (unpaired) electrons. The molecule has 0 amide bonds. The van der Waals surface area contributed by atoms with E-state index >= 15 is 0 Å². The van der Waals surface area contributed by atoms with E-state index in [1.807, 2.05) is 0 Å². The maximum Gasteiger partial charge on any atom is 0.126 e. The fraction of sp³-hybridized carbons (Fsp3) is 0.700. The molecule has 3 nitrogen and oxygen atoms in total. The highest BCUT2D eigenvalue weighted by molar-refractivity contribution is 5.18. The first-order chi connectivity index (χ1) is 12.2. The van der Waals surface area contributed by atoms with Crippen LogP contribution in [0.5, 0.6) is 0 Å². The van der Waals surface area contributed by atoms with Crippen molar-refractivity contribution in [2.75, 3.05) is 39.3 Å². The Morgan fingerprint density at radius 3 is 1.92 bits per heavy atom. The fourth-order valence-electron chi connectivity index (χ4n) is 4.78. The number of benzene rings is 1. The minimum atomic E-state index is -0.481. The van der Waals surface area contributed by atoms with Gasteiger partial charge in [-0.2, -0.15) is 0 Å². The maximum absolute atomic E-state index is 13.3. The summed E-state index contributed by atoms with van der Waals surface area (Å²) in [5.41, 5.74) is 0.734. The molecule has 3 fully saturated rings. The van der Waals surface area contributed by atoms with Gasteiger partial charge in [0.1, 0.15) is 11.6 Å². The monoisotopic (exact) mass is 349 g/mol. The van der Waals surface area contributed by atoms with Gasteiger partial charge in [-0.1, -0.05) is 19.3 Å². The lowest BCUT2D eigenvalue weighted by atomic mass is 9.93. The van der Waals surface area contributed by atoms with Crippen molar-refractivity contribution in [1.29, 1.82) is 0 Å². The molecule has 0 bridgehead atoms. The van der Waals surface area contributed by atoms with Crippen molar-refractivity contribution in [3.63, 3.8) is 0 Å². The average molecular weight is 349 g/mol. The van der Waals surface area contributed by atoms with Crippen LogP contribution in [-0.4, -0.2) is 66.1 Å². The highest BCUT2D eigenvalue weighted by atomic mass is 19.1. The van der Waals surface area contributed by atoms with Crippen LogP contribution in [0.15, 0.2) is 18.2 Å². The van der Waals surface area contributed by atoms with Gasteiger partial charge in [0.15, 0.2) is 0 Å². The number of hydrogen-bond donors (Lipinski definition) is 0. The summed E-state index contributed by atoms with van der Waals surface area (Å²) < 4.78 is 26.6. The second kappa shape index (κ2) is 7.68. The molecule has 1 aliphatic carbocycles. The second-order valence-corrected chi connectivity index (χ2v) is 7.99. The lowest BCUT2D eigenvalue weighted by molar-refractivity contribution is -0.0104. The van der Waals surface area contributed by atoms with Gasteiger partial charge in [-0.3, -0.25) is 14.7 Å². The van der Waals surface area contributed by atoms with Gasteiger partial charge < -0.3 is 0 Å². The Morgan fingerprint density at radius 1 is 0.760 bits per heavy atom. The SMILES string of the molecule is Fc1cc(F)cc(CN2CC(N3CCN(C4CCCCC4)CC3)C2)c1. The first-order valence-electron chi connectivity index (χ1n) is 9.83. The number of rotatable bonds is 4. The van der Waals surface area contributed by atoms with Crippen LogP contribution in [0.25, 0.3) is 0 Å². The number of likely N-dealkylation sites (tertiary alicyclic amines) is 1. The van der Waals surface area contributed by atoms with Crippen molar-refractivity contribution in [3.8, 4) is 0 Å². The lowest BCUT2D eigenvalue weighted by Crippen LogP contribution is -2.63. The van der Waals surface area contributed by atoms with Crippen LogP contribution in [0, 0.1) is 11.6 Å². The Bertz CT molecular complexity index is 554. The van der Waals surface area contributed by atoms with Crippen LogP contribution in [0.4, 0.5) is 8.78 Å².